The van der Waals surface area contributed by atoms with Gasteiger partial charge in [0, 0.05) is 11.5 Å². The number of esters is 1. The van der Waals surface area contributed by atoms with Gasteiger partial charge in [0.05, 0.1) is 11.7 Å². The summed E-state index contributed by atoms with van der Waals surface area (Å²) >= 11 is 0. The molecule has 126 valence electrons. The van der Waals surface area contributed by atoms with Gasteiger partial charge in [0.15, 0.2) is 0 Å². The maximum atomic E-state index is 11.9. The van der Waals surface area contributed by atoms with Crippen molar-refractivity contribution in [2.24, 2.45) is 5.92 Å². The minimum Gasteiger partial charge on any atom is -0.454 e. The Bertz CT molecular complexity index is 571. The first kappa shape index (κ1) is 16.5. The molecule has 23 heavy (non-hydrogen) atoms. The molecule has 0 N–H and O–H groups in total. The van der Waals surface area contributed by atoms with Crippen molar-refractivity contribution in [1.29, 1.82) is 0 Å². The van der Waals surface area contributed by atoms with Gasteiger partial charge in [0.2, 0.25) is 0 Å². The second-order valence-electron chi connectivity index (χ2n) is 7.61. The summed E-state index contributed by atoms with van der Waals surface area (Å²) in [7, 11) is 0. The molecular weight excluding hydrogens is 288 g/mol. The summed E-state index contributed by atoms with van der Waals surface area (Å²) in [6, 6.07) is 0. The van der Waals surface area contributed by atoms with E-state index in [1.54, 1.807) is 0 Å². The smallest absolute Gasteiger partial charge is 0.334 e. The molecule has 4 unspecified atom stereocenters. The predicted octanol–water partition coefficient (Wildman–Crippen LogP) is 4.49. The Morgan fingerprint density at radius 1 is 1.26 bits per heavy atom. The fraction of sp³-hybridized carbons (Fsp3) is 0.650. The number of hydrogen-bond acceptors (Lipinski definition) is 3. The van der Waals surface area contributed by atoms with Crippen LogP contribution in [0.3, 0.4) is 0 Å². The highest BCUT2D eigenvalue weighted by Gasteiger charge is 2.54. The van der Waals surface area contributed by atoms with E-state index in [0.717, 1.165) is 38.5 Å². The maximum Gasteiger partial charge on any atom is 0.334 e. The first-order chi connectivity index (χ1) is 10.9. The quantitative estimate of drug-likeness (QED) is 0.286. The Labute approximate surface area is 139 Å². The van der Waals surface area contributed by atoms with Gasteiger partial charge in [0.1, 0.15) is 6.10 Å². The average Bonchev–Trinajstić information content (AvgIpc) is 3.04. The number of rotatable bonds is 0. The fourth-order valence-corrected chi connectivity index (χ4v) is 3.83. The van der Waals surface area contributed by atoms with Crippen LogP contribution in [0.4, 0.5) is 0 Å². The normalized spacial score (nSPS) is 38.7. The first-order valence-corrected chi connectivity index (χ1v) is 8.79. The van der Waals surface area contributed by atoms with Crippen molar-refractivity contribution >= 4 is 5.97 Å². The molecule has 1 aliphatic carbocycles. The molecule has 3 heteroatoms. The molecule has 2 aliphatic heterocycles. The minimum atomic E-state index is -0.244. The predicted molar refractivity (Wildman–Crippen MR) is 91.0 cm³/mol. The van der Waals surface area contributed by atoms with Gasteiger partial charge in [-0.15, -0.1) is 0 Å². The van der Waals surface area contributed by atoms with Gasteiger partial charge < -0.3 is 9.47 Å². The SMILES string of the molecule is C=C1C(=O)OC2C=C(C)CCC=C(C)CCCC3(C)OC3CC12. The molecule has 0 aromatic rings. The van der Waals surface area contributed by atoms with E-state index in [9.17, 15) is 4.79 Å². The molecule has 0 aromatic carbocycles. The van der Waals surface area contributed by atoms with E-state index in [4.69, 9.17) is 9.47 Å². The molecule has 4 atom stereocenters. The van der Waals surface area contributed by atoms with Crippen molar-refractivity contribution in [2.75, 3.05) is 0 Å². The zero-order chi connectivity index (χ0) is 16.6. The van der Waals surface area contributed by atoms with E-state index in [0.29, 0.717) is 5.57 Å². The summed E-state index contributed by atoms with van der Waals surface area (Å²) in [4.78, 5) is 11.9. The van der Waals surface area contributed by atoms with Crippen molar-refractivity contribution in [3.63, 3.8) is 0 Å². The van der Waals surface area contributed by atoms with E-state index >= 15 is 0 Å². The van der Waals surface area contributed by atoms with Crippen molar-refractivity contribution < 1.29 is 14.3 Å². The van der Waals surface area contributed by atoms with E-state index < -0.39 is 0 Å². The summed E-state index contributed by atoms with van der Waals surface area (Å²) in [6.45, 7) is 10.5. The number of epoxide rings is 1. The zero-order valence-corrected chi connectivity index (χ0v) is 14.6. The third kappa shape index (κ3) is 3.60. The van der Waals surface area contributed by atoms with Gasteiger partial charge in [-0.2, -0.15) is 0 Å². The van der Waals surface area contributed by atoms with Crippen LogP contribution in [-0.2, 0) is 14.3 Å². The topological polar surface area (TPSA) is 38.8 Å². The fourth-order valence-electron chi connectivity index (χ4n) is 3.83. The molecular formula is C20H28O3. The van der Waals surface area contributed by atoms with Crippen LogP contribution in [0.15, 0.2) is 35.5 Å². The molecule has 0 bridgehead atoms. The highest BCUT2D eigenvalue weighted by Crippen LogP contribution is 2.47. The Balaban J connectivity index is 1.80. The van der Waals surface area contributed by atoms with E-state index in [1.807, 2.05) is 0 Å². The monoisotopic (exact) mass is 316 g/mol. The molecule has 2 saturated heterocycles. The van der Waals surface area contributed by atoms with Crippen LogP contribution >= 0.6 is 0 Å². The van der Waals surface area contributed by atoms with Gasteiger partial charge in [-0.1, -0.05) is 23.8 Å². The molecule has 2 fully saturated rings. The van der Waals surface area contributed by atoms with Gasteiger partial charge in [-0.05, 0) is 65.4 Å². The number of allylic oxidation sites excluding steroid dienone is 3. The molecule has 0 amide bonds. The third-order valence-corrected chi connectivity index (χ3v) is 5.58. The lowest BCUT2D eigenvalue weighted by Crippen LogP contribution is -2.20. The summed E-state index contributed by atoms with van der Waals surface area (Å²) in [6.07, 6.45) is 10.8. The van der Waals surface area contributed by atoms with Crippen molar-refractivity contribution in [3.05, 3.63) is 35.5 Å². The molecule has 3 rings (SSSR count). The van der Waals surface area contributed by atoms with E-state index in [2.05, 4.69) is 39.5 Å². The molecule has 0 aromatic heterocycles. The molecule has 3 nitrogen and oxygen atoms in total. The molecule has 0 radical (unpaired) electrons. The van der Waals surface area contributed by atoms with Crippen LogP contribution in [0.25, 0.3) is 0 Å². The summed E-state index contributed by atoms with van der Waals surface area (Å²) in [5.74, 6) is -0.184. The number of fused-ring (bicyclic) bond motifs is 2. The van der Waals surface area contributed by atoms with Crippen molar-refractivity contribution in [3.8, 4) is 0 Å². The number of hydrogen-bond donors (Lipinski definition) is 0. The van der Waals surface area contributed by atoms with Crippen LogP contribution in [0.5, 0.6) is 0 Å². The highest BCUT2D eigenvalue weighted by molar-refractivity contribution is 5.91. The Kier molecular flexibility index (Phi) is 4.50. The number of carbonyl (C=O) groups is 1. The van der Waals surface area contributed by atoms with Crippen molar-refractivity contribution in [1.82, 2.24) is 0 Å². The van der Waals surface area contributed by atoms with E-state index in [-0.39, 0.29) is 29.7 Å². The van der Waals surface area contributed by atoms with Crippen molar-refractivity contribution in [2.45, 2.75) is 77.1 Å². The summed E-state index contributed by atoms with van der Waals surface area (Å²) in [5, 5.41) is 0. The summed E-state index contributed by atoms with van der Waals surface area (Å²) < 4.78 is 11.5. The lowest BCUT2D eigenvalue weighted by atomic mass is 9.86. The zero-order valence-electron chi connectivity index (χ0n) is 14.6. The van der Waals surface area contributed by atoms with Crippen LogP contribution < -0.4 is 0 Å². The second-order valence-corrected chi connectivity index (χ2v) is 7.61. The lowest BCUT2D eigenvalue weighted by molar-refractivity contribution is -0.137. The minimum absolute atomic E-state index is 0.0282. The van der Waals surface area contributed by atoms with Crippen LogP contribution in [0.2, 0.25) is 0 Å². The first-order valence-electron chi connectivity index (χ1n) is 8.79. The lowest BCUT2D eigenvalue weighted by Gasteiger charge is -2.16. The molecule has 0 spiro atoms. The van der Waals surface area contributed by atoms with Gasteiger partial charge >= 0.3 is 5.97 Å². The van der Waals surface area contributed by atoms with Gasteiger partial charge in [-0.3, -0.25) is 0 Å². The average molecular weight is 316 g/mol. The highest BCUT2D eigenvalue weighted by atomic mass is 16.6. The van der Waals surface area contributed by atoms with Crippen LogP contribution in [0.1, 0.15) is 59.3 Å². The second kappa shape index (κ2) is 6.27. The Morgan fingerprint density at radius 2 is 2.04 bits per heavy atom. The Morgan fingerprint density at radius 3 is 2.83 bits per heavy atom. The number of ether oxygens (including phenoxy) is 2. The van der Waals surface area contributed by atoms with Gasteiger partial charge in [-0.25, -0.2) is 4.79 Å². The maximum absolute atomic E-state index is 11.9. The Hall–Kier alpha value is -1.35. The largest absolute Gasteiger partial charge is 0.454 e. The molecule has 3 aliphatic rings. The standard InChI is InChI=1S/C20H28O3/c1-13-7-5-8-14(2)11-17-16(15(3)19(21)22-17)12-18-20(4,23-18)10-6-9-13/h7,11,16-18H,3,5-6,8-10,12H2,1-2,4H3. The third-order valence-electron chi connectivity index (χ3n) is 5.58. The van der Waals surface area contributed by atoms with Crippen LogP contribution in [-0.4, -0.2) is 23.8 Å². The van der Waals surface area contributed by atoms with Crippen LogP contribution in [0, 0.1) is 5.92 Å². The summed E-state index contributed by atoms with van der Waals surface area (Å²) in [5.41, 5.74) is 3.33. The number of carbonyl (C=O) groups excluding carboxylic acids is 1. The molecule has 0 saturated carbocycles. The molecule has 2 heterocycles. The van der Waals surface area contributed by atoms with Gasteiger partial charge in [0.25, 0.3) is 0 Å². The van der Waals surface area contributed by atoms with E-state index in [1.165, 1.54) is 11.1 Å².